The number of rotatable bonds is 4. The van der Waals surface area contributed by atoms with Gasteiger partial charge in [0.25, 0.3) is 0 Å². The lowest BCUT2D eigenvalue weighted by molar-refractivity contribution is -0.146. The molecule has 0 aliphatic carbocycles. The standard InChI is InChI=1S/C9H9ClF3N3O2/c1-2-18-8(17)6(16-10)7-14-4-3-5(15-7)9(11,12)13/h3-4,6,16H,2H2,1H3. The third-order valence-corrected chi connectivity index (χ3v) is 2.07. The number of hydrogen-bond acceptors (Lipinski definition) is 5. The minimum Gasteiger partial charge on any atom is -0.464 e. The van der Waals surface area contributed by atoms with Gasteiger partial charge in [0.15, 0.2) is 11.9 Å². The Labute approximate surface area is 105 Å². The van der Waals surface area contributed by atoms with Crippen molar-refractivity contribution in [1.82, 2.24) is 14.8 Å². The van der Waals surface area contributed by atoms with E-state index in [1.54, 1.807) is 6.92 Å². The van der Waals surface area contributed by atoms with Gasteiger partial charge >= 0.3 is 12.1 Å². The van der Waals surface area contributed by atoms with Crippen LogP contribution in [-0.2, 0) is 15.7 Å². The SMILES string of the molecule is CCOC(=O)C(NCl)c1nccc(C(F)(F)F)n1. The van der Waals surface area contributed by atoms with Crippen molar-refractivity contribution in [1.29, 1.82) is 0 Å². The fourth-order valence-electron chi connectivity index (χ4n) is 1.10. The van der Waals surface area contributed by atoms with Gasteiger partial charge in [-0.15, -0.1) is 0 Å². The molecule has 1 atom stereocenters. The van der Waals surface area contributed by atoms with E-state index in [0.717, 1.165) is 6.20 Å². The van der Waals surface area contributed by atoms with Crippen LogP contribution >= 0.6 is 11.8 Å². The highest BCUT2D eigenvalue weighted by Gasteiger charge is 2.34. The lowest BCUT2D eigenvalue weighted by atomic mass is 10.3. The molecule has 1 rings (SSSR count). The fourth-order valence-corrected chi connectivity index (χ4v) is 1.28. The van der Waals surface area contributed by atoms with Crippen molar-refractivity contribution in [2.45, 2.75) is 19.1 Å². The number of carbonyl (C=O) groups excluding carboxylic acids is 1. The van der Waals surface area contributed by atoms with E-state index < -0.39 is 29.7 Å². The number of alkyl halides is 3. The summed E-state index contributed by atoms with van der Waals surface area (Å²) in [6.45, 7) is 1.61. The van der Waals surface area contributed by atoms with Crippen LogP contribution in [0.2, 0.25) is 0 Å². The smallest absolute Gasteiger partial charge is 0.433 e. The molecule has 1 unspecified atom stereocenters. The average Bonchev–Trinajstić information content (AvgIpc) is 2.29. The Balaban J connectivity index is 3.04. The molecule has 0 aromatic carbocycles. The van der Waals surface area contributed by atoms with Gasteiger partial charge in [-0.3, -0.25) is 0 Å². The summed E-state index contributed by atoms with van der Waals surface area (Å²) in [5.41, 5.74) is -1.16. The molecule has 0 aliphatic heterocycles. The second-order valence-corrected chi connectivity index (χ2v) is 3.31. The van der Waals surface area contributed by atoms with Gasteiger partial charge in [-0.1, -0.05) is 0 Å². The number of halogens is 4. The van der Waals surface area contributed by atoms with Gasteiger partial charge in [0.05, 0.1) is 6.61 Å². The number of hydrogen-bond donors (Lipinski definition) is 1. The second kappa shape index (κ2) is 5.96. The van der Waals surface area contributed by atoms with E-state index in [4.69, 9.17) is 11.8 Å². The zero-order valence-corrected chi connectivity index (χ0v) is 9.92. The van der Waals surface area contributed by atoms with Crippen molar-refractivity contribution >= 4 is 17.7 Å². The van der Waals surface area contributed by atoms with E-state index in [-0.39, 0.29) is 6.61 Å². The Morgan fingerprint density at radius 1 is 1.61 bits per heavy atom. The summed E-state index contributed by atoms with van der Waals surface area (Å²) in [4.78, 5) is 20.2. The minimum atomic E-state index is -4.62. The van der Waals surface area contributed by atoms with Crippen LogP contribution in [0.5, 0.6) is 0 Å². The first-order chi connectivity index (χ1) is 8.40. The third-order valence-electron chi connectivity index (χ3n) is 1.85. The molecule has 9 heteroatoms. The molecule has 0 fully saturated rings. The number of esters is 1. The molecule has 5 nitrogen and oxygen atoms in total. The third kappa shape index (κ3) is 3.54. The van der Waals surface area contributed by atoms with Crippen molar-refractivity contribution < 1.29 is 22.7 Å². The first-order valence-electron chi connectivity index (χ1n) is 4.83. The van der Waals surface area contributed by atoms with Crippen LogP contribution in [0.1, 0.15) is 24.5 Å². The lowest BCUT2D eigenvalue weighted by Crippen LogP contribution is -2.27. The van der Waals surface area contributed by atoms with Gasteiger partial charge in [0, 0.05) is 6.20 Å². The highest BCUT2D eigenvalue weighted by atomic mass is 35.5. The summed E-state index contributed by atoms with van der Waals surface area (Å²) in [6.07, 6.45) is -3.73. The zero-order valence-electron chi connectivity index (χ0n) is 9.16. The Hall–Kier alpha value is -1.41. The van der Waals surface area contributed by atoms with Crippen LogP contribution < -0.4 is 4.84 Å². The van der Waals surface area contributed by atoms with Crippen LogP contribution in [-0.4, -0.2) is 22.5 Å². The molecule has 0 radical (unpaired) electrons. The summed E-state index contributed by atoms with van der Waals surface area (Å²) in [5.74, 6) is -1.26. The zero-order chi connectivity index (χ0) is 13.8. The van der Waals surface area contributed by atoms with Gasteiger partial charge in [-0.05, 0) is 24.8 Å². The summed E-state index contributed by atoms with van der Waals surface area (Å²) in [5, 5.41) is 0. The highest BCUT2D eigenvalue weighted by molar-refractivity contribution is 6.14. The van der Waals surface area contributed by atoms with Gasteiger partial charge in [-0.25, -0.2) is 19.6 Å². The maximum atomic E-state index is 12.4. The average molecular weight is 284 g/mol. The molecule has 0 saturated carbocycles. The minimum absolute atomic E-state index is 0.0624. The van der Waals surface area contributed by atoms with E-state index in [1.807, 2.05) is 4.84 Å². The van der Waals surface area contributed by atoms with E-state index in [1.165, 1.54) is 0 Å². The fraction of sp³-hybridized carbons (Fsp3) is 0.444. The van der Waals surface area contributed by atoms with E-state index in [2.05, 4.69) is 14.7 Å². The maximum Gasteiger partial charge on any atom is 0.433 e. The van der Waals surface area contributed by atoms with Crippen molar-refractivity contribution in [3.05, 3.63) is 23.8 Å². The van der Waals surface area contributed by atoms with Gasteiger partial charge in [0.1, 0.15) is 5.69 Å². The molecule has 1 heterocycles. The molecule has 1 aromatic heterocycles. The normalized spacial score (nSPS) is 13.2. The van der Waals surface area contributed by atoms with Gasteiger partial charge in [0.2, 0.25) is 0 Å². The molecule has 100 valence electrons. The summed E-state index contributed by atoms with van der Waals surface area (Å²) in [7, 11) is 0. The van der Waals surface area contributed by atoms with Crippen LogP contribution in [0.25, 0.3) is 0 Å². The summed E-state index contributed by atoms with van der Waals surface area (Å²) < 4.78 is 41.9. The first-order valence-corrected chi connectivity index (χ1v) is 5.20. The molecule has 0 saturated heterocycles. The molecular formula is C9H9ClF3N3O2. The maximum absolute atomic E-state index is 12.4. The number of nitrogens with zero attached hydrogens (tertiary/aromatic N) is 2. The number of aromatic nitrogens is 2. The number of nitrogens with one attached hydrogen (secondary N) is 1. The molecule has 0 bridgehead atoms. The Morgan fingerprint density at radius 2 is 2.28 bits per heavy atom. The quantitative estimate of drug-likeness (QED) is 0.675. The van der Waals surface area contributed by atoms with E-state index in [0.29, 0.717) is 6.07 Å². The molecule has 0 amide bonds. The number of carbonyl (C=O) groups is 1. The monoisotopic (exact) mass is 283 g/mol. The summed E-state index contributed by atoms with van der Waals surface area (Å²) in [6, 6.07) is -0.658. The molecule has 1 aromatic rings. The van der Waals surface area contributed by atoms with Crippen molar-refractivity contribution in [3.8, 4) is 0 Å². The molecule has 0 aliphatic rings. The molecule has 0 spiro atoms. The van der Waals surface area contributed by atoms with Crippen molar-refractivity contribution in [2.24, 2.45) is 0 Å². The molecule has 1 N–H and O–H groups in total. The van der Waals surface area contributed by atoms with Crippen LogP contribution in [0.15, 0.2) is 12.3 Å². The van der Waals surface area contributed by atoms with Crippen molar-refractivity contribution in [3.63, 3.8) is 0 Å². The lowest BCUT2D eigenvalue weighted by Gasteiger charge is -2.13. The van der Waals surface area contributed by atoms with Gasteiger partial charge < -0.3 is 4.74 Å². The number of ether oxygens (including phenoxy) is 1. The Morgan fingerprint density at radius 3 is 2.78 bits per heavy atom. The predicted molar refractivity (Wildman–Crippen MR) is 55.4 cm³/mol. The Kier molecular flexibility index (Phi) is 4.85. The largest absolute Gasteiger partial charge is 0.464 e. The Bertz CT molecular complexity index is 428. The molecular weight excluding hydrogens is 275 g/mol. The topological polar surface area (TPSA) is 64.1 Å². The summed E-state index contributed by atoms with van der Waals surface area (Å²) >= 11 is 5.29. The second-order valence-electron chi connectivity index (χ2n) is 3.09. The van der Waals surface area contributed by atoms with E-state index >= 15 is 0 Å². The van der Waals surface area contributed by atoms with Crippen molar-refractivity contribution in [2.75, 3.05) is 6.61 Å². The highest BCUT2D eigenvalue weighted by Crippen LogP contribution is 2.27. The molecule has 18 heavy (non-hydrogen) atoms. The van der Waals surface area contributed by atoms with Crippen LogP contribution in [0.4, 0.5) is 13.2 Å². The van der Waals surface area contributed by atoms with Crippen LogP contribution in [0.3, 0.4) is 0 Å². The first kappa shape index (κ1) is 14.7. The van der Waals surface area contributed by atoms with E-state index in [9.17, 15) is 18.0 Å². The predicted octanol–water partition coefficient (Wildman–Crippen LogP) is 1.84. The van der Waals surface area contributed by atoms with Crippen LogP contribution in [0, 0.1) is 0 Å². The van der Waals surface area contributed by atoms with Gasteiger partial charge in [-0.2, -0.15) is 13.2 Å².